The van der Waals surface area contributed by atoms with Crippen molar-refractivity contribution in [2.75, 3.05) is 13.1 Å². The van der Waals surface area contributed by atoms with Crippen LogP contribution in [0, 0.1) is 0 Å². The van der Waals surface area contributed by atoms with Gasteiger partial charge in [0.05, 0.1) is 24.6 Å². The fourth-order valence-corrected chi connectivity index (χ4v) is 2.97. The fourth-order valence-electron chi connectivity index (χ4n) is 2.78. The number of halogens is 1. The van der Waals surface area contributed by atoms with E-state index < -0.39 is 5.60 Å². The second kappa shape index (κ2) is 5.98. The molecule has 0 spiro atoms. The molecular formula is C15H19ClN4O3. The molecule has 1 N–H and O–H groups in total. The lowest BCUT2D eigenvalue weighted by molar-refractivity contribution is -0.0320. The van der Waals surface area contributed by atoms with Gasteiger partial charge in [0, 0.05) is 12.6 Å². The Morgan fingerprint density at radius 2 is 2.30 bits per heavy atom. The van der Waals surface area contributed by atoms with Gasteiger partial charge in [-0.15, -0.1) is 5.10 Å². The number of aliphatic hydroxyl groups is 1. The summed E-state index contributed by atoms with van der Waals surface area (Å²) in [4.78, 5) is 14.1. The summed E-state index contributed by atoms with van der Waals surface area (Å²) in [5, 5.41) is 19.1. The van der Waals surface area contributed by atoms with Crippen molar-refractivity contribution >= 4 is 17.5 Å². The topological polar surface area (TPSA) is 84.4 Å². The first-order chi connectivity index (χ1) is 10.9. The first-order valence-corrected chi connectivity index (χ1v) is 7.95. The molecule has 0 aliphatic carbocycles. The van der Waals surface area contributed by atoms with Gasteiger partial charge in [0.25, 0.3) is 5.91 Å². The van der Waals surface area contributed by atoms with Gasteiger partial charge in [-0.25, -0.2) is 4.68 Å². The molecule has 1 aliphatic rings. The number of hydrogen-bond donors (Lipinski definition) is 1. The van der Waals surface area contributed by atoms with Crippen LogP contribution < -0.4 is 0 Å². The molecule has 2 aromatic rings. The van der Waals surface area contributed by atoms with Crippen LogP contribution in [0.15, 0.2) is 22.9 Å². The van der Waals surface area contributed by atoms with E-state index in [9.17, 15) is 9.90 Å². The molecule has 3 rings (SSSR count). The van der Waals surface area contributed by atoms with Crippen LogP contribution >= 0.6 is 11.6 Å². The largest absolute Gasteiger partial charge is 0.452 e. The van der Waals surface area contributed by atoms with E-state index in [-0.39, 0.29) is 23.7 Å². The van der Waals surface area contributed by atoms with Gasteiger partial charge in [-0.05, 0) is 44.4 Å². The summed E-state index contributed by atoms with van der Waals surface area (Å²) in [6.07, 6.45) is 4.32. The zero-order chi connectivity index (χ0) is 16.6. The third kappa shape index (κ3) is 2.98. The van der Waals surface area contributed by atoms with E-state index in [1.807, 2.05) is 13.8 Å². The number of piperidine rings is 1. The molecule has 1 aliphatic heterocycles. The maximum absolute atomic E-state index is 12.5. The summed E-state index contributed by atoms with van der Waals surface area (Å²) in [5.41, 5.74) is -0.402. The van der Waals surface area contributed by atoms with E-state index in [0.29, 0.717) is 30.6 Å². The lowest BCUT2D eigenvalue weighted by atomic mass is 9.89. The minimum absolute atomic E-state index is 0.0647. The van der Waals surface area contributed by atoms with Gasteiger partial charge in [-0.1, -0.05) is 5.21 Å². The summed E-state index contributed by atoms with van der Waals surface area (Å²) in [5.74, 6) is -0.252. The maximum Gasteiger partial charge on any atom is 0.258 e. The molecule has 1 saturated heterocycles. The number of amides is 1. The van der Waals surface area contributed by atoms with Crippen molar-refractivity contribution in [1.29, 1.82) is 0 Å². The van der Waals surface area contributed by atoms with Crippen molar-refractivity contribution in [2.24, 2.45) is 0 Å². The molecule has 1 amide bonds. The van der Waals surface area contributed by atoms with Crippen molar-refractivity contribution < 1.29 is 14.3 Å². The first kappa shape index (κ1) is 16.0. The Morgan fingerprint density at radius 1 is 1.52 bits per heavy atom. The summed E-state index contributed by atoms with van der Waals surface area (Å²) >= 11 is 5.88. The van der Waals surface area contributed by atoms with Crippen molar-refractivity contribution in [1.82, 2.24) is 19.9 Å². The molecule has 2 aromatic heterocycles. The molecule has 1 atom stereocenters. The number of carbonyl (C=O) groups is 1. The van der Waals surface area contributed by atoms with Crippen molar-refractivity contribution in [3.8, 4) is 0 Å². The van der Waals surface area contributed by atoms with Crippen LogP contribution in [-0.4, -0.2) is 44.0 Å². The minimum atomic E-state index is -1.20. The highest BCUT2D eigenvalue weighted by atomic mass is 35.5. The van der Waals surface area contributed by atoms with Gasteiger partial charge >= 0.3 is 0 Å². The second-order valence-electron chi connectivity index (χ2n) is 6.15. The molecule has 8 heteroatoms. The fraction of sp³-hybridized carbons (Fsp3) is 0.533. The predicted molar refractivity (Wildman–Crippen MR) is 83.2 cm³/mol. The Morgan fingerprint density at radius 3 is 2.91 bits per heavy atom. The third-order valence-corrected chi connectivity index (χ3v) is 4.42. The summed E-state index contributed by atoms with van der Waals surface area (Å²) in [7, 11) is 0. The molecule has 0 aromatic carbocycles. The third-order valence-electron chi connectivity index (χ3n) is 4.12. The number of nitrogens with zero attached hydrogens (tertiary/aromatic N) is 4. The van der Waals surface area contributed by atoms with Crippen LogP contribution in [0.3, 0.4) is 0 Å². The minimum Gasteiger partial charge on any atom is -0.452 e. The number of hydrogen-bond acceptors (Lipinski definition) is 5. The van der Waals surface area contributed by atoms with Gasteiger partial charge in [0.2, 0.25) is 5.22 Å². The molecule has 0 bridgehead atoms. The Bertz CT molecular complexity index is 711. The average Bonchev–Trinajstić information content (AvgIpc) is 3.15. The molecule has 124 valence electrons. The van der Waals surface area contributed by atoms with E-state index in [0.717, 1.165) is 0 Å². The summed E-state index contributed by atoms with van der Waals surface area (Å²) in [6, 6.07) is 1.69. The molecule has 0 radical (unpaired) electrons. The predicted octanol–water partition coefficient (Wildman–Crippen LogP) is 2.23. The highest BCUT2D eigenvalue weighted by molar-refractivity contribution is 6.32. The monoisotopic (exact) mass is 338 g/mol. The van der Waals surface area contributed by atoms with Crippen LogP contribution in [-0.2, 0) is 5.60 Å². The van der Waals surface area contributed by atoms with E-state index in [1.54, 1.807) is 15.8 Å². The van der Waals surface area contributed by atoms with Crippen LogP contribution in [0.5, 0.6) is 0 Å². The lowest BCUT2D eigenvalue weighted by Gasteiger charge is -2.37. The standard InChI is InChI=1S/C15H19ClN4O3/c1-10(2)20-8-12(17-18-20)15(22)5-3-6-19(9-15)14(21)11-4-7-23-13(11)16/h4,7-8,10,22H,3,5-6,9H2,1-2H3. The normalized spacial score (nSPS) is 21.9. The van der Waals surface area contributed by atoms with Crippen molar-refractivity contribution in [2.45, 2.75) is 38.3 Å². The number of aromatic nitrogens is 3. The molecular weight excluding hydrogens is 320 g/mol. The molecule has 7 nitrogen and oxygen atoms in total. The van der Waals surface area contributed by atoms with Crippen LogP contribution in [0.1, 0.15) is 48.8 Å². The summed E-state index contributed by atoms with van der Waals surface area (Å²) < 4.78 is 6.67. The highest BCUT2D eigenvalue weighted by Crippen LogP contribution is 2.32. The number of likely N-dealkylation sites (tertiary alicyclic amines) is 1. The zero-order valence-corrected chi connectivity index (χ0v) is 13.8. The molecule has 0 saturated carbocycles. The summed E-state index contributed by atoms with van der Waals surface area (Å²) in [6.45, 7) is 4.69. The van der Waals surface area contributed by atoms with E-state index in [4.69, 9.17) is 16.0 Å². The van der Waals surface area contributed by atoms with Crippen LogP contribution in [0.25, 0.3) is 0 Å². The zero-order valence-electron chi connectivity index (χ0n) is 13.1. The number of β-amino-alcohol motifs (C(OH)–C–C–N with tert-alkyl or cyclic N) is 1. The van der Waals surface area contributed by atoms with Gasteiger partial charge < -0.3 is 14.4 Å². The van der Waals surface area contributed by atoms with Crippen molar-refractivity contribution in [3.63, 3.8) is 0 Å². The van der Waals surface area contributed by atoms with Gasteiger partial charge in [-0.2, -0.15) is 0 Å². The van der Waals surface area contributed by atoms with E-state index in [1.165, 1.54) is 12.3 Å². The number of furan rings is 1. The Labute approximate surface area is 138 Å². The van der Waals surface area contributed by atoms with E-state index in [2.05, 4.69) is 10.3 Å². The Hall–Kier alpha value is -1.86. The van der Waals surface area contributed by atoms with Crippen LogP contribution in [0.2, 0.25) is 5.22 Å². The van der Waals surface area contributed by atoms with Gasteiger partial charge in [0.1, 0.15) is 11.3 Å². The highest BCUT2D eigenvalue weighted by Gasteiger charge is 2.40. The Balaban J connectivity index is 1.81. The SMILES string of the molecule is CC(C)n1cc(C2(O)CCCN(C(=O)c3ccoc3Cl)C2)nn1. The van der Waals surface area contributed by atoms with Crippen molar-refractivity contribution in [3.05, 3.63) is 35.0 Å². The molecule has 23 heavy (non-hydrogen) atoms. The average molecular weight is 339 g/mol. The maximum atomic E-state index is 12.5. The van der Waals surface area contributed by atoms with Gasteiger partial charge in [-0.3, -0.25) is 4.79 Å². The first-order valence-electron chi connectivity index (χ1n) is 7.58. The van der Waals surface area contributed by atoms with Gasteiger partial charge in [0.15, 0.2) is 0 Å². The number of rotatable bonds is 3. The molecule has 1 unspecified atom stereocenters. The van der Waals surface area contributed by atoms with Crippen LogP contribution in [0.4, 0.5) is 0 Å². The Kier molecular flexibility index (Phi) is 4.16. The molecule has 1 fully saturated rings. The molecule has 3 heterocycles. The van der Waals surface area contributed by atoms with E-state index >= 15 is 0 Å². The smallest absolute Gasteiger partial charge is 0.258 e. The lowest BCUT2D eigenvalue weighted by Crippen LogP contribution is -2.48. The second-order valence-corrected chi connectivity index (χ2v) is 6.49. The number of carbonyl (C=O) groups excluding carboxylic acids is 1. The quantitative estimate of drug-likeness (QED) is 0.927.